The average molecular weight is 287 g/mol. The highest BCUT2D eigenvalue weighted by Gasteiger charge is 2.18. The molecule has 6 heteroatoms. The highest BCUT2D eigenvalue weighted by atomic mass is 35.5. The van der Waals surface area contributed by atoms with E-state index in [1.165, 1.54) is 0 Å². The minimum Gasteiger partial charge on any atom is -0.311 e. The summed E-state index contributed by atoms with van der Waals surface area (Å²) in [7, 11) is 1.97. The molecular weight excluding hydrogens is 268 g/mol. The molecule has 2 heterocycles. The van der Waals surface area contributed by atoms with Crippen molar-refractivity contribution in [2.75, 3.05) is 6.26 Å². The van der Waals surface area contributed by atoms with Gasteiger partial charge in [-0.3, -0.25) is 4.68 Å². The van der Waals surface area contributed by atoms with Gasteiger partial charge in [0, 0.05) is 18.8 Å². The third kappa shape index (κ3) is 2.26. The average Bonchev–Trinajstić information content (AvgIpc) is 2.88. The van der Waals surface area contributed by atoms with Gasteiger partial charge in [0.1, 0.15) is 11.3 Å². The Morgan fingerprint density at radius 2 is 2.17 bits per heavy atom. The third-order valence-electron chi connectivity index (χ3n) is 3.17. The van der Waals surface area contributed by atoms with Gasteiger partial charge in [0.25, 0.3) is 0 Å². The van der Waals surface area contributed by atoms with Crippen LogP contribution in [0.2, 0.25) is 0 Å². The Hall–Kier alpha value is -0.680. The molecule has 1 atom stereocenters. The van der Waals surface area contributed by atoms with E-state index in [-0.39, 0.29) is 0 Å². The van der Waals surface area contributed by atoms with Crippen LogP contribution in [0.1, 0.15) is 25.4 Å². The molecule has 0 aliphatic carbocycles. The number of rotatable bonds is 5. The molecule has 0 bridgehead atoms. The fraction of sp³-hybridized carbons (Fsp3) is 0.667. The lowest BCUT2D eigenvalue weighted by Gasteiger charge is -2.12. The minimum absolute atomic E-state index is 0.443. The molecule has 0 saturated carbocycles. The molecule has 1 unspecified atom stereocenters. The summed E-state index contributed by atoms with van der Waals surface area (Å²) in [5, 5.41) is 5.05. The second-order valence-electron chi connectivity index (χ2n) is 4.41. The Labute approximate surface area is 117 Å². The molecule has 2 aromatic heterocycles. The zero-order valence-electron chi connectivity index (χ0n) is 11.3. The van der Waals surface area contributed by atoms with Crippen LogP contribution in [0.15, 0.2) is 0 Å². The quantitative estimate of drug-likeness (QED) is 0.793. The van der Waals surface area contributed by atoms with E-state index in [0.717, 1.165) is 35.6 Å². The number of fused-ring (bicyclic) bond motifs is 1. The van der Waals surface area contributed by atoms with Crippen molar-refractivity contribution in [3.05, 3.63) is 11.5 Å². The summed E-state index contributed by atoms with van der Waals surface area (Å²) in [6.45, 7) is 5.24. The van der Waals surface area contributed by atoms with Crippen molar-refractivity contribution >= 4 is 34.5 Å². The van der Waals surface area contributed by atoms with Crippen LogP contribution in [0.25, 0.3) is 11.2 Å². The number of alkyl halides is 1. The number of halogens is 1. The molecular formula is C12H19ClN4S. The number of aromatic nitrogens is 4. The molecule has 2 aromatic rings. The van der Waals surface area contributed by atoms with E-state index in [9.17, 15) is 0 Å². The zero-order chi connectivity index (χ0) is 13.3. The fourth-order valence-corrected chi connectivity index (χ4v) is 2.65. The number of aryl methyl sites for hydroxylation is 2. The van der Waals surface area contributed by atoms with Crippen LogP contribution in [-0.4, -0.2) is 30.8 Å². The predicted molar refractivity (Wildman–Crippen MR) is 78.4 cm³/mol. The SMILES string of the molecule is CCc1nn(C)c2c1nc(CCl)n2CC(C)SC. The smallest absolute Gasteiger partial charge is 0.158 e. The number of imidazole rings is 1. The molecule has 0 radical (unpaired) electrons. The van der Waals surface area contributed by atoms with E-state index < -0.39 is 0 Å². The van der Waals surface area contributed by atoms with Crippen LogP contribution >= 0.6 is 23.4 Å². The van der Waals surface area contributed by atoms with Gasteiger partial charge in [-0.05, 0) is 12.7 Å². The molecule has 0 fully saturated rings. The second-order valence-corrected chi connectivity index (χ2v) is 5.96. The molecule has 0 aliphatic rings. The largest absolute Gasteiger partial charge is 0.311 e. The lowest BCUT2D eigenvalue weighted by molar-refractivity contribution is 0.647. The fourth-order valence-electron chi connectivity index (χ4n) is 2.15. The van der Waals surface area contributed by atoms with Gasteiger partial charge in [-0.15, -0.1) is 11.6 Å². The monoisotopic (exact) mass is 286 g/mol. The summed E-state index contributed by atoms with van der Waals surface area (Å²) >= 11 is 7.86. The van der Waals surface area contributed by atoms with Gasteiger partial charge in [0.05, 0.1) is 11.6 Å². The van der Waals surface area contributed by atoms with Crippen LogP contribution in [0.4, 0.5) is 0 Å². The standard InChI is InChI=1S/C12H19ClN4S/c1-5-9-11-12(16(3)15-9)17(7-8(2)18-4)10(6-13)14-11/h8H,5-7H2,1-4H3. The summed E-state index contributed by atoms with van der Waals surface area (Å²) in [5.41, 5.74) is 3.14. The van der Waals surface area contributed by atoms with Crippen LogP contribution in [0.3, 0.4) is 0 Å². The Kier molecular flexibility index (Phi) is 4.22. The van der Waals surface area contributed by atoms with Crippen molar-refractivity contribution in [3.63, 3.8) is 0 Å². The first-order valence-electron chi connectivity index (χ1n) is 6.12. The molecule has 0 amide bonds. The summed E-state index contributed by atoms with van der Waals surface area (Å²) in [4.78, 5) is 4.65. The van der Waals surface area contributed by atoms with Crippen molar-refractivity contribution in [3.8, 4) is 0 Å². The third-order valence-corrected chi connectivity index (χ3v) is 4.36. The topological polar surface area (TPSA) is 35.6 Å². The molecule has 100 valence electrons. The normalized spacial score (nSPS) is 13.4. The molecule has 2 rings (SSSR count). The molecule has 0 aromatic carbocycles. The highest BCUT2D eigenvalue weighted by Crippen LogP contribution is 2.23. The first-order valence-corrected chi connectivity index (χ1v) is 7.94. The van der Waals surface area contributed by atoms with Gasteiger partial charge in [-0.25, -0.2) is 4.98 Å². The van der Waals surface area contributed by atoms with E-state index >= 15 is 0 Å². The number of nitrogens with zero attached hydrogens (tertiary/aromatic N) is 4. The Balaban J connectivity index is 2.57. The van der Waals surface area contributed by atoms with Gasteiger partial charge < -0.3 is 4.57 Å². The molecule has 0 spiro atoms. The summed E-state index contributed by atoms with van der Waals surface area (Å²) < 4.78 is 4.12. The summed E-state index contributed by atoms with van der Waals surface area (Å²) in [6, 6.07) is 0. The Morgan fingerprint density at radius 1 is 1.44 bits per heavy atom. The van der Waals surface area contributed by atoms with Crippen molar-refractivity contribution in [2.24, 2.45) is 7.05 Å². The van der Waals surface area contributed by atoms with Crippen molar-refractivity contribution in [1.29, 1.82) is 0 Å². The first-order chi connectivity index (χ1) is 8.62. The highest BCUT2D eigenvalue weighted by molar-refractivity contribution is 7.99. The van der Waals surface area contributed by atoms with Crippen molar-refractivity contribution in [1.82, 2.24) is 19.3 Å². The van der Waals surface area contributed by atoms with Gasteiger partial charge in [-0.2, -0.15) is 16.9 Å². The lowest BCUT2D eigenvalue weighted by Crippen LogP contribution is -2.13. The van der Waals surface area contributed by atoms with Crippen LogP contribution < -0.4 is 0 Å². The summed E-state index contributed by atoms with van der Waals surface area (Å²) in [5.74, 6) is 1.38. The van der Waals surface area contributed by atoms with Crippen LogP contribution in [0.5, 0.6) is 0 Å². The second kappa shape index (κ2) is 5.53. The molecule has 0 N–H and O–H groups in total. The Bertz CT molecular complexity index is 546. The zero-order valence-corrected chi connectivity index (χ0v) is 12.8. The molecule has 18 heavy (non-hydrogen) atoms. The van der Waals surface area contributed by atoms with E-state index in [2.05, 4.69) is 34.8 Å². The van der Waals surface area contributed by atoms with E-state index in [4.69, 9.17) is 11.6 Å². The van der Waals surface area contributed by atoms with Crippen molar-refractivity contribution < 1.29 is 0 Å². The number of thioether (sulfide) groups is 1. The maximum absolute atomic E-state index is 6.02. The maximum atomic E-state index is 6.02. The van der Waals surface area contributed by atoms with Crippen molar-refractivity contribution in [2.45, 2.75) is 37.9 Å². The van der Waals surface area contributed by atoms with E-state index in [1.54, 1.807) is 0 Å². The van der Waals surface area contributed by atoms with Gasteiger partial charge in [0.15, 0.2) is 5.65 Å². The summed E-state index contributed by atoms with van der Waals surface area (Å²) in [6.07, 6.45) is 3.02. The minimum atomic E-state index is 0.443. The molecule has 0 aliphatic heterocycles. The lowest BCUT2D eigenvalue weighted by atomic mass is 10.3. The first kappa shape index (κ1) is 13.7. The molecule has 4 nitrogen and oxygen atoms in total. The number of hydrogen-bond donors (Lipinski definition) is 0. The van der Waals surface area contributed by atoms with E-state index in [1.807, 2.05) is 23.5 Å². The molecule has 0 saturated heterocycles. The van der Waals surface area contributed by atoms with Gasteiger partial charge in [-0.1, -0.05) is 13.8 Å². The van der Waals surface area contributed by atoms with Gasteiger partial charge >= 0.3 is 0 Å². The van der Waals surface area contributed by atoms with E-state index in [0.29, 0.717) is 11.1 Å². The van der Waals surface area contributed by atoms with Crippen LogP contribution in [0, 0.1) is 0 Å². The number of hydrogen-bond acceptors (Lipinski definition) is 3. The van der Waals surface area contributed by atoms with Gasteiger partial charge in [0.2, 0.25) is 0 Å². The van der Waals surface area contributed by atoms with Crippen LogP contribution in [-0.2, 0) is 25.9 Å². The maximum Gasteiger partial charge on any atom is 0.158 e. The predicted octanol–water partition coefficient (Wildman–Crippen LogP) is 2.82. The Morgan fingerprint density at radius 3 is 2.72 bits per heavy atom.